The Morgan fingerprint density at radius 2 is 1.88 bits per heavy atom. The number of fused-ring (bicyclic) bond motifs is 1. The Morgan fingerprint density at radius 1 is 1.19 bits per heavy atom. The van der Waals surface area contributed by atoms with Gasteiger partial charge in [-0.2, -0.15) is 0 Å². The van der Waals surface area contributed by atoms with Crippen molar-refractivity contribution in [1.82, 2.24) is 15.1 Å². The van der Waals surface area contributed by atoms with E-state index in [4.69, 9.17) is 0 Å². The van der Waals surface area contributed by atoms with E-state index in [-0.39, 0.29) is 17.7 Å². The van der Waals surface area contributed by atoms with E-state index in [1.165, 1.54) is 0 Å². The molecular formula is C20H25N3O3. The van der Waals surface area contributed by atoms with Gasteiger partial charge in [-0.25, -0.2) is 0 Å². The van der Waals surface area contributed by atoms with Crippen LogP contribution in [-0.4, -0.2) is 52.2 Å². The van der Waals surface area contributed by atoms with Crippen LogP contribution in [0.4, 0.5) is 0 Å². The van der Waals surface area contributed by atoms with Gasteiger partial charge in [0.25, 0.3) is 5.91 Å². The maximum absolute atomic E-state index is 13.0. The Hall–Kier alpha value is -2.37. The van der Waals surface area contributed by atoms with Crippen LogP contribution in [0.1, 0.15) is 54.9 Å². The lowest BCUT2D eigenvalue weighted by Gasteiger charge is -2.47. The van der Waals surface area contributed by atoms with E-state index in [9.17, 15) is 14.4 Å². The number of hydrogen-bond acceptors (Lipinski definition) is 3. The summed E-state index contributed by atoms with van der Waals surface area (Å²) < 4.78 is 0. The van der Waals surface area contributed by atoms with Crippen LogP contribution < -0.4 is 5.32 Å². The Kier molecular flexibility index (Phi) is 4.21. The fourth-order valence-corrected chi connectivity index (χ4v) is 4.22. The molecule has 0 radical (unpaired) electrons. The number of likely N-dealkylation sites (tertiary alicyclic amines) is 1. The zero-order valence-corrected chi connectivity index (χ0v) is 15.2. The fraction of sp³-hybridized carbons (Fsp3) is 0.550. The Morgan fingerprint density at radius 3 is 2.50 bits per heavy atom. The monoisotopic (exact) mass is 355 g/mol. The first kappa shape index (κ1) is 17.1. The third-order valence-electron chi connectivity index (χ3n) is 5.97. The summed E-state index contributed by atoms with van der Waals surface area (Å²) in [4.78, 5) is 41.1. The lowest BCUT2D eigenvalue weighted by molar-refractivity contribution is -0.132. The van der Waals surface area contributed by atoms with Crippen LogP contribution in [-0.2, 0) is 16.1 Å². The average Bonchev–Trinajstić information content (AvgIpc) is 3.36. The summed E-state index contributed by atoms with van der Waals surface area (Å²) in [5.41, 5.74) is 1.25. The molecule has 1 saturated carbocycles. The second-order valence-corrected chi connectivity index (χ2v) is 7.80. The molecule has 0 bridgehead atoms. The molecule has 1 aromatic carbocycles. The molecule has 0 unspecified atom stereocenters. The summed E-state index contributed by atoms with van der Waals surface area (Å²) in [5.74, 6) is 0.0840. The van der Waals surface area contributed by atoms with E-state index in [0.29, 0.717) is 44.9 Å². The van der Waals surface area contributed by atoms with Gasteiger partial charge in [0, 0.05) is 38.2 Å². The van der Waals surface area contributed by atoms with E-state index >= 15 is 0 Å². The third kappa shape index (κ3) is 3.08. The molecule has 6 nitrogen and oxygen atoms in total. The van der Waals surface area contributed by atoms with Gasteiger partial charge in [-0.05, 0) is 37.3 Å². The summed E-state index contributed by atoms with van der Waals surface area (Å²) >= 11 is 0. The maximum atomic E-state index is 13.0. The molecular weight excluding hydrogens is 330 g/mol. The highest BCUT2D eigenvalue weighted by Gasteiger charge is 2.47. The van der Waals surface area contributed by atoms with Crippen molar-refractivity contribution in [3.8, 4) is 0 Å². The van der Waals surface area contributed by atoms with Crippen molar-refractivity contribution in [3.63, 3.8) is 0 Å². The molecule has 0 aromatic heterocycles. The van der Waals surface area contributed by atoms with Gasteiger partial charge in [0.05, 0.1) is 12.0 Å². The molecule has 1 aromatic rings. The largest absolute Gasteiger partial charge is 0.353 e. The van der Waals surface area contributed by atoms with Crippen molar-refractivity contribution in [2.75, 3.05) is 13.1 Å². The number of piperidine rings is 1. The first-order valence-corrected chi connectivity index (χ1v) is 9.43. The smallest absolute Gasteiger partial charge is 0.254 e. The number of amides is 3. The zero-order valence-electron chi connectivity index (χ0n) is 15.2. The average molecular weight is 355 g/mol. The summed E-state index contributed by atoms with van der Waals surface area (Å²) in [6.45, 7) is 3.30. The van der Waals surface area contributed by atoms with E-state index in [0.717, 1.165) is 24.0 Å². The Bertz CT molecular complexity index is 748. The van der Waals surface area contributed by atoms with Crippen LogP contribution in [0.15, 0.2) is 24.3 Å². The van der Waals surface area contributed by atoms with Crippen molar-refractivity contribution in [3.05, 3.63) is 35.4 Å². The molecule has 1 N–H and O–H groups in total. The Labute approximate surface area is 153 Å². The molecule has 0 atom stereocenters. The quantitative estimate of drug-likeness (QED) is 0.894. The predicted octanol–water partition coefficient (Wildman–Crippen LogP) is 1.69. The molecule has 3 amide bonds. The molecule has 4 rings (SSSR count). The molecule has 26 heavy (non-hydrogen) atoms. The summed E-state index contributed by atoms with van der Waals surface area (Å²) in [7, 11) is 0. The van der Waals surface area contributed by atoms with Crippen LogP contribution in [0.2, 0.25) is 0 Å². The predicted molar refractivity (Wildman–Crippen MR) is 96.3 cm³/mol. The number of nitrogens with one attached hydrogen (secondary N) is 1. The van der Waals surface area contributed by atoms with Crippen molar-refractivity contribution < 1.29 is 14.4 Å². The SMILES string of the molecule is CC(=O)N1CCC(CC(=O)NC2CC2)(N2Cc3ccccc3C2=O)CC1. The molecule has 2 heterocycles. The van der Waals surface area contributed by atoms with Gasteiger partial charge in [-0.1, -0.05) is 18.2 Å². The highest BCUT2D eigenvalue weighted by atomic mass is 16.2. The molecule has 138 valence electrons. The van der Waals surface area contributed by atoms with Gasteiger partial charge in [-0.3, -0.25) is 14.4 Å². The van der Waals surface area contributed by atoms with Crippen molar-refractivity contribution in [2.24, 2.45) is 0 Å². The lowest BCUT2D eigenvalue weighted by Crippen LogP contribution is -2.58. The second-order valence-electron chi connectivity index (χ2n) is 7.80. The molecule has 0 spiro atoms. The van der Waals surface area contributed by atoms with Crippen LogP contribution in [0.3, 0.4) is 0 Å². The molecule has 2 aliphatic heterocycles. The Balaban J connectivity index is 1.58. The topological polar surface area (TPSA) is 69.7 Å². The maximum Gasteiger partial charge on any atom is 0.254 e. The zero-order chi connectivity index (χ0) is 18.3. The van der Waals surface area contributed by atoms with Gasteiger partial charge in [-0.15, -0.1) is 0 Å². The standard InChI is InChI=1S/C20H25N3O3/c1-14(24)22-10-8-20(9-11-22,12-18(25)21-16-6-7-16)23-13-15-4-2-3-5-17(15)19(23)26/h2-5,16H,6-13H2,1H3,(H,21,25). The van der Waals surface area contributed by atoms with Gasteiger partial charge in [0.1, 0.15) is 0 Å². The molecule has 6 heteroatoms. The summed E-state index contributed by atoms with van der Waals surface area (Å²) in [6.07, 6.45) is 3.69. The van der Waals surface area contributed by atoms with Crippen molar-refractivity contribution in [1.29, 1.82) is 0 Å². The molecule has 3 aliphatic rings. The number of hydrogen-bond donors (Lipinski definition) is 1. The number of carbonyl (C=O) groups excluding carboxylic acids is 3. The normalized spacial score (nSPS) is 21.5. The van der Waals surface area contributed by atoms with Crippen LogP contribution in [0.25, 0.3) is 0 Å². The minimum atomic E-state index is -0.513. The van der Waals surface area contributed by atoms with E-state index in [2.05, 4.69) is 5.32 Å². The molecule has 1 aliphatic carbocycles. The minimum Gasteiger partial charge on any atom is -0.353 e. The van der Waals surface area contributed by atoms with Crippen molar-refractivity contribution in [2.45, 2.75) is 57.2 Å². The summed E-state index contributed by atoms with van der Waals surface area (Å²) in [6, 6.07) is 7.98. The first-order valence-electron chi connectivity index (χ1n) is 9.43. The van der Waals surface area contributed by atoms with Crippen LogP contribution in [0, 0.1) is 0 Å². The fourth-order valence-electron chi connectivity index (χ4n) is 4.22. The van der Waals surface area contributed by atoms with Gasteiger partial charge >= 0.3 is 0 Å². The summed E-state index contributed by atoms with van der Waals surface area (Å²) in [5, 5.41) is 3.06. The van der Waals surface area contributed by atoms with Crippen molar-refractivity contribution >= 4 is 17.7 Å². The lowest BCUT2D eigenvalue weighted by atomic mass is 9.82. The van der Waals surface area contributed by atoms with Crippen LogP contribution >= 0.6 is 0 Å². The minimum absolute atomic E-state index is 0.0103. The van der Waals surface area contributed by atoms with Gasteiger partial charge < -0.3 is 15.1 Å². The van der Waals surface area contributed by atoms with E-state index in [1.807, 2.05) is 34.1 Å². The molecule has 1 saturated heterocycles. The van der Waals surface area contributed by atoms with Crippen LogP contribution in [0.5, 0.6) is 0 Å². The number of nitrogens with zero attached hydrogens (tertiary/aromatic N) is 2. The highest BCUT2D eigenvalue weighted by molar-refractivity contribution is 5.99. The number of carbonyl (C=O) groups is 3. The number of benzene rings is 1. The van der Waals surface area contributed by atoms with Gasteiger partial charge in [0.2, 0.25) is 11.8 Å². The second kappa shape index (κ2) is 6.41. The number of rotatable bonds is 4. The van der Waals surface area contributed by atoms with Gasteiger partial charge in [0.15, 0.2) is 0 Å². The first-order chi connectivity index (χ1) is 12.5. The van der Waals surface area contributed by atoms with E-state index < -0.39 is 5.54 Å². The third-order valence-corrected chi connectivity index (χ3v) is 5.97. The van der Waals surface area contributed by atoms with E-state index in [1.54, 1.807) is 6.92 Å². The highest BCUT2D eigenvalue weighted by Crippen LogP contribution is 2.38. The molecule has 2 fully saturated rings.